The normalized spacial score (nSPS) is 15.1. The van der Waals surface area contributed by atoms with E-state index in [1.165, 1.54) is 6.42 Å². The first-order valence-corrected chi connectivity index (χ1v) is 12.2. The summed E-state index contributed by atoms with van der Waals surface area (Å²) in [5.74, 6) is 0.385. The van der Waals surface area contributed by atoms with Crippen LogP contribution in [0, 0.1) is 13.8 Å². The zero-order valence-electron chi connectivity index (χ0n) is 19.2. The van der Waals surface area contributed by atoms with E-state index in [1.807, 2.05) is 56.3 Å². The first kappa shape index (κ1) is 24.3. The fraction of sp³-hybridized carbons (Fsp3) is 0.462. The van der Waals surface area contributed by atoms with E-state index < -0.39 is 6.04 Å². The highest BCUT2D eigenvalue weighted by Crippen LogP contribution is 2.22. The van der Waals surface area contributed by atoms with E-state index in [1.54, 1.807) is 11.8 Å². The van der Waals surface area contributed by atoms with Crippen LogP contribution in [-0.4, -0.2) is 35.4 Å². The first-order valence-electron chi connectivity index (χ1n) is 11.4. The fourth-order valence-corrected chi connectivity index (χ4v) is 4.31. The number of carbonyl (C=O) groups is 2. The Morgan fingerprint density at radius 3 is 2.47 bits per heavy atom. The van der Waals surface area contributed by atoms with Crippen LogP contribution >= 0.6 is 15.9 Å². The fourth-order valence-electron chi connectivity index (χ4n) is 4.04. The maximum absolute atomic E-state index is 13.2. The van der Waals surface area contributed by atoms with Crippen LogP contribution in [0.4, 0.5) is 0 Å². The summed E-state index contributed by atoms with van der Waals surface area (Å²) in [5.41, 5.74) is 3.09. The maximum Gasteiger partial charge on any atom is 0.261 e. The number of amides is 2. The lowest BCUT2D eigenvalue weighted by Gasteiger charge is -2.31. The van der Waals surface area contributed by atoms with Gasteiger partial charge in [-0.1, -0.05) is 59.5 Å². The van der Waals surface area contributed by atoms with Crippen LogP contribution in [0.3, 0.4) is 0 Å². The molecule has 0 bridgehead atoms. The zero-order valence-corrected chi connectivity index (χ0v) is 20.8. The Morgan fingerprint density at radius 1 is 1.09 bits per heavy atom. The maximum atomic E-state index is 13.2. The minimum atomic E-state index is -0.588. The summed E-state index contributed by atoms with van der Waals surface area (Å²) >= 11 is 3.45. The highest BCUT2D eigenvalue weighted by Gasteiger charge is 2.28. The summed E-state index contributed by atoms with van der Waals surface area (Å²) in [7, 11) is 0. The molecule has 1 saturated carbocycles. The van der Waals surface area contributed by atoms with Gasteiger partial charge in [-0.2, -0.15) is 0 Å². The molecule has 0 aliphatic heterocycles. The molecule has 5 nitrogen and oxygen atoms in total. The van der Waals surface area contributed by atoms with Gasteiger partial charge in [-0.15, -0.1) is 0 Å². The minimum Gasteiger partial charge on any atom is -0.483 e. The van der Waals surface area contributed by atoms with Crippen molar-refractivity contribution in [1.29, 1.82) is 0 Å². The molecular weight excluding hydrogens is 468 g/mol. The Hall–Kier alpha value is -2.34. The van der Waals surface area contributed by atoms with E-state index in [4.69, 9.17) is 4.74 Å². The Labute approximate surface area is 199 Å². The number of carbonyl (C=O) groups excluding carboxylic acids is 2. The molecule has 0 radical (unpaired) electrons. The predicted molar refractivity (Wildman–Crippen MR) is 131 cm³/mol. The second-order valence-electron chi connectivity index (χ2n) is 8.65. The van der Waals surface area contributed by atoms with Gasteiger partial charge < -0.3 is 15.0 Å². The molecule has 1 N–H and O–H groups in total. The molecule has 2 amide bonds. The predicted octanol–water partition coefficient (Wildman–Crippen LogP) is 5.31. The van der Waals surface area contributed by atoms with Crippen molar-refractivity contribution >= 4 is 27.7 Å². The number of hydrogen-bond donors (Lipinski definition) is 1. The number of nitrogens with one attached hydrogen (secondary N) is 1. The van der Waals surface area contributed by atoms with E-state index in [0.717, 1.165) is 46.8 Å². The van der Waals surface area contributed by atoms with Crippen molar-refractivity contribution in [2.45, 2.75) is 71.5 Å². The molecule has 2 aromatic rings. The third-order valence-electron chi connectivity index (χ3n) is 6.29. The van der Waals surface area contributed by atoms with Crippen LogP contribution in [-0.2, 0) is 16.1 Å². The summed E-state index contributed by atoms with van der Waals surface area (Å²) in [6.07, 6.45) is 5.53. The average molecular weight is 501 g/mol. The number of nitrogens with zero attached hydrogens (tertiary/aromatic N) is 1. The van der Waals surface area contributed by atoms with E-state index in [9.17, 15) is 9.59 Å². The van der Waals surface area contributed by atoms with Gasteiger partial charge in [0.05, 0.1) is 0 Å². The van der Waals surface area contributed by atoms with E-state index in [2.05, 4.69) is 21.2 Å². The van der Waals surface area contributed by atoms with Crippen LogP contribution in [0.15, 0.2) is 46.9 Å². The van der Waals surface area contributed by atoms with Gasteiger partial charge in [-0.05, 0) is 68.5 Å². The molecule has 0 saturated heterocycles. The smallest absolute Gasteiger partial charge is 0.261 e. The number of ether oxygens (including phenoxy) is 1. The van der Waals surface area contributed by atoms with Crippen LogP contribution in [0.1, 0.15) is 55.7 Å². The third kappa shape index (κ3) is 6.58. The highest BCUT2D eigenvalue weighted by atomic mass is 79.9. The number of halogens is 1. The lowest BCUT2D eigenvalue weighted by Crippen LogP contribution is -2.51. The van der Waals surface area contributed by atoms with E-state index in [0.29, 0.717) is 12.3 Å². The average Bonchev–Trinajstić information content (AvgIpc) is 2.79. The lowest BCUT2D eigenvalue weighted by atomic mass is 9.95. The Morgan fingerprint density at radius 2 is 1.78 bits per heavy atom. The van der Waals surface area contributed by atoms with Crippen molar-refractivity contribution in [3.05, 3.63) is 63.6 Å². The van der Waals surface area contributed by atoms with Crippen LogP contribution in [0.25, 0.3) is 0 Å². The van der Waals surface area contributed by atoms with E-state index in [-0.39, 0.29) is 24.5 Å². The van der Waals surface area contributed by atoms with Crippen LogP contribution < -0.4 is 10.1 Å². The first-order chi connectivity index (χ1) is 15.3. The van der Waals surface area contributed by atoms with Gasteiger partial charge in [0, 0.05) is 17.1 Å². The summed E-state index contributed by atoms with van der Waals surface area (Å²) < 4.78 is 6.84. The van der Waals surface area contributed by atoms with Gasteiger partial charge in [-0.3, -0.25) is 9.59 Å². The molecule has 172 valence electrons. The molecular formula is C26H33BrN2O3. The lowest BCUT2D eigenvalue weighted by molar-refractivity contribution is -0.142. The molecule has 3 rings (SSSR count). The summed E-state index contributed by atoms with van der Waals surface area (Å²) in [6, 6.07) is 13.2. The van der Waals surface area contributed by atoms with Crippen molar-refractivity contribution in [2.24, 2.45) is 0 Å². The standard InChI is InChI=1S/C26H33BrN2O3/c1-18-8-7-11-24(19(18)2)32-17-25(30)29(16-21-12-14-22(27)15-13-21)20(3)26(31)28-23-9-5-4-6-10-23/h7-8,11-15,20,23H,4-6,9-10,16-17H2,1-3H3,(H,28,31)/t20-/m1/s1. The largest absolute Gasteiger partial charge is 0.483 e. The quantitative estimate of drug-likeness (QED) is 0.534. The summed E-state index contributed by atoms with van der Waals surface area (Å²) in [6.45, 7) is 6.03. The second-order valence-corrected chi connectivity index (χ2v) is 9.57. The number of benzene rings is 2. The molecule has 0 heterocycles. The number of aryl methyl sites for hydroxylation is 1. The van der Waals surface area contributed by atoms with Crippen LogP contribution in [0.2, 0.25) is 0 Å². The molecule has 1 aliphatic rings. The van der Waals surface area contributed by atoms with Crippen molar-refractivity contribution in [1.82, 2.24) is 10.2 Å². The topological polar surface area (TPSA) is 58.6 Å². The molecule has 1 atom stereocenters. The molecule has 0 aromatic heterocycles. The van der Waals surface area contributed by atoms with Crippen molar-refractivity contribution in [3.8, 4) is 5.75 Å². The molecule has 6 heteroatoms. The van der Waals surface area contributed by atoms with Gasteiger partial charge in [0.2, 0.25) is 5.91 Å². The molecule has 0 spiro atoms. The van der Waals surface area contributed by atoms with Crippen molar-refractivity contribution < 1.29 is 14.3 Å². The summed E-state index contributed by atoms with van der Waals surface area (Å²) in [4.78, 5) is 27.9. The van der Waals surface area contributed by atoms with Gasteiger partial charge in [0.25, 0.3) is 5.91 Å². The Kier molecular flexibility index (Phi) is 8.74. The summed E-state index contributed by atoms with van der Waals surface area (Å²) in [5, 5.41) is 3.16. The van der Waals surface area contributed by atoms with Gasteiger partial charge in [0.1, 0.15) is 11.8 Å². The highest BCUT2D eigenvalue weighted by molar-refractivity contribution is 9.10. The monoisotopic (exact) mass is 500 g/mol. The SMILES string of the molecule is Cc1cccc(OCC(=O)N(Cc2ccc(Br)cc2)[C@H](C)C(=O)NC2CCCCC2)c1C. The van der Waals surface area contributed by atoms with Crippen molar-refractivity contribution in [3.63, 3.8) is 0 Å². The molecule has 0 unspecified atom stereocenters. The molecule has 2 aromatic carbocycles. The van der Waals surface area contributed by atoms with Gasteiger partial charge in [-0.25, -0.2) is 0 Å². The number of rotatable bonds is 8. The minimum absolute atomic E-state index is 0.103. The number of hydrogen-bond acceptors (Lipinski definition) is 3. The van der Waals surface area contributed by atoms with Gasteiger partial charge in [0.15, 0.2) is 6.61 Å². The van der Waals surface area contributed by atoms with Crippen molar-refractivity contribution in [2.75, 3.05) is 6.61 Å². The zero-order chi connectivity index (χ0) is 23.1. The second kappa shape index (κ2) is 11.5. The van der Waals surface area contributed by atoms with E-state index >= 15 is 0 Å². The van der Waals surface area contributed by atoms with Crippen LogP contribution in [0.5, 0.6) is 5.75 Å². The molecule has 32 heavy (non-hydrogen) atoms. The Balaban J connectivity index is 1.72. The third-order valence-corrected chi connectivity index (χ3v) is 6.82. The molecule has 1 fully saturated rings. The van der Waals surface area contributed by atoms with Gasteiger partial charge >= 0.3 is 0 Å². The Bertz CT molecular complexity index is 923. The molecule has 1 aliphatic carbocycles.